The van der Waals surface area contributed by atoms with Crippen LogP contribution in [0.5, 0.6) is 0 Å². The van der Waals surface area contributed by atoms with E-state index in [1.165, 1.54) is 6.33 Å². The fourth-order valence-electron chi connectivity index (χ4n) is 3.19. The first-order valence-electron chi connectivity index (χ1n) is 8.11. The molecule has 1 saturated carbocycles. The zero-order valence-electron chi connectivity index (χ0n) is 13.3. The van der Waals surface area contributed by atoms with E-state index in [1.807, 2.05) is 0 Å². The molecule has 2 N–H and O–H groups in total. The highest BCUT2D eigenvalue weighted by Crippen LogP contribution is 2.43. The van der Waals surface area contributed by atoms with Gasteiger partial charge in [0.05, 0.1) is 16.8 Å². The van der Waals surface area contributed by atoms with Crippen molar-refractivity contribution in [3.8, 4) is 0 Å². The topological polar surface area (TPSA) is 99.8 Å². The predicted octanol–water partition coefficient (Wildman–Crippen LogP) is 1.70. The number of hydrogen-bond acceptors (Lipinski definition) is 5. The van der Waals surface area contributed by atoms with Gasteiger partial charge in [0.1, 0.15) is 12.2 Å². The Morgan fingerprint density at radius 1 is 1.42 bits per heavy atom. The van der Waals surface area contributed by atoms with E-state index >= 15 is 0 Å². The van der Waals surface area contributed by atoms with Crippen molar-refractivity contribution in [2.45, 2.75) is 37.2 Å². The molecule has 9 heteroatoms. The Hall–Kier alpha value is -1.93. The first kappa shape index (κ1) is 15.6. The average molecular weight is 351 g/mol. The van der Waals surface area contributed by atoms with Crippen molar-refractivity contribution < 1.29 is 9.53 Å². The second-order valence-corrected chi connectivity index (χ2v) is 6.81. The normalized spacial score (nSPS) is 23.6. The van der Waals surface area contributed by atoms with Crippen molar-refractivity contribution in [1.29, 1.82) is 0 Å². The number of halogens is 1. The highest BCUT2D eigenvalue weighted by Gasteiger charge is 2.35. The van der Waals surface area contributed by atoms with Crippen LogP contribution >= 0.6 is 11.6 Å². The number of nitrogens with zero attached hydrogens (tertiary/aromatic N) is 4. The molecule has 0 radical (unpaired) electrons. The SMILES string of the molecule is CN(C[C@H]1OCC[C@H]1c1ncn[nH]1)C(=O)c1n[nH]c(C2CC2)c1Cl. The maximum absolute atomic E-state index is 12.7. The van der Waals surface area contributed by atoms with E-state index in [4.69, 9.17) is 16.3 Å². The summed E-state index contributed by atoms with van der Waals surface area (Å²) in [5.41, 5.74) is 1.17. The third kappa shape index (κ3) is 2.80. The van der Waals surface area contributed by atoms with E-state index in [1.54, 1.807) is 11.9 Å². The van der Waals surface area contributed by atoms with Crippen LogP contribution in [0.15, 0.2) is 6.33 Å². The Labute approximate surface area is 143 Å². The summed E-state index contributed by atoms with van der Waals surface area (Å²) in [7, 11) is 1.74. The van der Waals surface area contributed by atoms with Crippen molar-refractivity contribution >= 4 is 17.5 Å². The molecule has 2 aromatic heterocycles. The summed E-state index contributed by atoms with van der Waals surface area (Å²) in [6.07, 6.45) is 4.42. The maximum atomic E-state index is 12.7. The second-order valence-electron chi connectivity index (χ2n) is 6.43. The third-order valence-corrected chi connectivity index (χ3v) is 5.10. The molecule has 24 heavy (non-hydrogen) atoms. The second kappa shape index (κ2) is 6.18. The molecule has 8 nitrogen and oxygen atoms in total. The Kier molecular flexibility index (Phi) is 4.01. The molecule has 2 fully saturated rings. The lowest BCUT2D eigenvalue weighted by atomic mass is 10.0. The van der Waals surface area contributed by atoms with Crippen LogP contribution in [0.4, 0.5) is 0 Å². The van der Waals surface area contributed by atoms with E-state index in [0.717, 1.165) is 30.8 Å². The van der Waals surface area contributed by atoms with Gasteiger partial charge in [0, 0.05) is 32.0 Å². The Morgan fingerprint density at radius 3 is 2.96 bits per heavy atom. The molecule has 0 aromatic carbocycles. The minimum absolute atomic E-state index is 0.111. The van der Waals surface area contributed by atoms with Crippen molar-refractivity contribution in [2.75, 3.05) is 20.2 Å². The molecule has 3 heterocycles. The van der Waals surface area contributed by atoms with Gasteiger partial charge >= 0.3 is 0 Å². The van der Waals surface area contributed by atoms with Crippen LogP contribution in [0.3, 0.4) is 0 Å². The van der Waals surface area contributed by atoms with Gasteiger partial charge < -0.3 is 9.64 Å². The van der Waals surface area contributed by atoms with Gasteiger partial charge in [0.2, 0.25) is 0 Å². The summed E-state index contributed by atoms with van der Waals surface area (Å²) in [5.74, 6) is 1.13. The molecule has 1 aliphatic heterocycles. The van der Waals surface area contributed by atoms with Gasteiger partial charge in [0.25, 0.3) is 5.91 Å². The van der Waals surface area contributed by atoms with Crippen molar-refractivity contribution in [1.82, 2.24) is 30.3 Å². The lowest BCUT2D eigenvalue weighted by molar-refractivity contribution is 0.0546. The van der Waals surface area contributed by atoms with Gasteiger partial charge in [-0.3, -0.25) is 15.0 Å². The van der Waals surface area contributed by atoms with Crippen LogP contribution in [0.1, 0.15) is 53.1 Å². The summed E-state index contributed by atoms with van der Waals surface area (Å²) >= 11 is 6.33. The summed E-state index contributed by atoms with van der Waals surface area (Å²) < 4.78 is 5.79. The first-order chi connectivity index (χ1) is 11.6. The van der Waals surface area contributed by atoms with E-state index < -0.39 is 0 Å². The average Bonchev–Trinajstić information content (AvgIpc) is 2.98. The lowest BCUT2D eigenvalue weighted by Gasteiger charge is -2.23. The molecule has 1 amide bonds. The summed E-state index contributed by atoms with van der Waals surface area (Å²) in [5, 5.41) is 14.3. The van der Waals surface area contributed by atoms with Crippen molar-refractivity contribution in [3.05, 3.63) is 28.6 Å². The molecule has 2 aromatic rings. The fraction of sp³-hybridized carbons (Fsp3) is 0.600. The highest BCUT2D eigenvalue weighted by atomic mass is 35.5. The van der Waals surface area contributed by atoms with Crippen LogP contribution in [-0.2, 0) is 4.74 Å². The van der Waals surface area contributed by atoms with Gasteiger partial charge in [-0.1, -0.05) is 11.6 Å². The molecule has 1 saturated heterocycles. The Balaban J connectivity index is 1.45. The quantitative estimate of drug-likeness (QED) is 0.855. The number of hydrogen-bond donors (Lipinski definition) is 2. The lowest BCUT2D eigenvalue weighted by Crippen LogP contribution is -2.36. The number of nitrogens with one attached hydrogen (secondary N) is 2. The summed E-state index contributed by atoms with van der Waals surface area (Å²) in [4.78, 5) is 18.5. The monoisotopic (exact) mass is 350 g/mol. The van der Waals surface area contributed by atoms with Gasteiger partial charge in [-0.25, -0.2) is 4.98 Å². The fourth-order valence-corrected chi connectivity index (χ4v) is 3.51. The summed E-state index contributed by atoms with van der Waals surface area (Å²) in [6, 6.07) is 0. The van der Waals surface area contributed by atoms with Crippen LogP contribution in [0.25, 0.3) is 0 Å². The molecule has 2 aliphatic rings. The van der Waals surface area contributed by atoms with Crippen molar-refractivity contribution in [2.24, 2.45) is 0 Å². The van der Waals surface area contributed by atoms with Gasteiger partial charge in [-0.15, -0.1) is 0 Å². The van der Waals surface area contributed by atoms with E-state index in [2.05, 4.69) is 25.4 Å². The number of amides is 1. The number of likely N-dealkylation sites (N-methyl/N-ethyl adjacent to an activating group) is 1. The first-order valence-corrected chi connectivity index (χ1v) is 8.49. The minimum atomic E-state index is -0.199. The predicted molar refractivity (Wildman–Crippen MR) is 86.0 cm³/mol. The van der Waals surface area contributed by atoms with Crippen molar-refractivity contribution in [3.63, 3.8) is 0 Å². The zero-order chi connectivity index (χ0) is 16.7. The number of rotatable bonds is 5. The molecule has 0 spiro atoms. The van der Waals surface area contributed by atoms with Crippen LogP contribution in [0, 0.1) is 0 Å². The maximum Gasteiger partial charge on any atom is 0.275 e. The Morgan fingerprint density at radius 2 is 2.25 bits per heavy atom. The minimum Gasteiger partial charge on any atom is -0.376 e. The number of ether oxygens (including phenoxy) is 1. The number of carbonyl (C=O) groups excluding carboxylic acids is 1. The van der Waals surface area contributed by atoms with Gasteiger partial charge in [-0.2, -0.15) is 10.2 Å². The zero-order valence-corrected chi connectivity index (χ0v) is 14.1. The highest BCUT2D eigenvalue weighted by molar-refractivity contribution is 6.34. The van der Waals surface area contributed by atoms with Crippen LogP contribution < -0.4 is 0 Å². The van der Waals surface area contributed by atoms with E-state index in [-0.39, 0.29) is 23.6 Å². The smallest absolute Gasteiger partial charge is 0.275 e. The number of aromatic nitrogens is 5. The largest absolute Gasteiger partial charge is 0.376 e. The number of H-pyrrole nitrogens is 2. The van der Waals surface area contributed by atoms with Crippen LogP contribution in [0.2, 0.25) is 5.02 Å². The van der Waals surface area contributed by atoms with E-state index in [0.29, 0.717) is 24.1 Å². The molecule has 4 rings (SSSR count). The molecule has 0 bridgehead atoms. The Bertz CT molecular complexity index is 726. The molecular formula is C15H19ClN6O2. The third-order valence-electron chi connectivity index (χ3n) is 4.72. The molecule has 1 aliphatic carbocycles. The number of aromatic amines is 2. The van der Waals surface area contributed by atoms with Gasteiger partial charge in [-0.05, 0) is 19.3 Å². The van der Waals surface area contributed by atoms with Gasteiger partial charge in [0.15, 0.2) is 5.69 Å². The summed E-state index contributed by atoms with van der Waals surface area (Å²) in [6.45, 7) is 1.10. The molecule has 128 valence electrons. The standard InChI is InChI=1S/C15H19ClN6O2/c1-22(6-10-9(4-5-24-10)14-17-7-18-21-14)15(23)13-11(16)12(19-20-13)8-2-3-8/h7-10H,2-6H2,1H3,(H,19,20)(H,17,18,21)/t9-,10-/m1/s1. The molecule has 2 atom stereocenters. The number of carbonyl (C=O) groups is 1. The molecular weight excluding hydrogens is 332 g/mol. The molecule has 0 unspecified atom stereocenters. The van der Waals surface area contributed by atoms with E-state index in [9.17, 15) is 4.79 Å². The van der Waals surface area contributed by atoms with Crippen LogP contribution in [-0.4, -0.2) is 62.5 Å².